The summed E-state index contributed by atoms with van der Waals surface area (Å²) in [5, 5.41) is 0. The maximum atomic E-state index is 6.56. The van der Waals surface area contributed by atoms with Crippen molar-refractivity contribution in [3.63, 3.8) is 0 Å². The summed E-state index contributed by atoms with van der Waals surface area (Å²) in [4.78, 5) is 9.77. The van der Waals surface area contributed by atoms with Crippen LogP contribution in [0.1, 0.15) is 47.2 Å². The van der Waals surface area contributed by atoms with Gasteiger partial charge in [0.2, 0.25) is 11.8 Å². The molecule has 5 nitrogen and oxygen atoms in total. The Balaban J connectivity index is 0.872. The van der Waals surface area contributed by atoms with Gasteiger partial charge < -0.3 is 13.6 Å². The largest absolute Gasteiger partial charge is 0.457 e. The van der Waals surface area contributed by atoms with E-state index < -0.39 is 5.41 Å². The third kappa shape index (κ3) is 5.09. The van der Waals surface area contributed by atoms with Gasteiger partial charge in [0.25, 0.3) is 0 Å². The van der Waals surface area contributed by atoms with Crippen molar-refractivity contribution >= 4 is 22.2 Å². The zero-order valence-electron chi connectivity index (χ0n) is 35.6. The summed E-state index contributed by atoms with van der Waals surface area (Å²) >= 11 is 0. The summed E-state index contributed by atoms with van der Waals surface area (Å²) in [6.45, 7) is 4.71. The number of ether oxygens (including phenoxy) is 1. The van der Waals surface area contributed by atoms with Crippen molar-refractivity contribution in [1.29, 1.82) is 0 Å². The molecule has 0 fully saturated rings. The SMILES string of the molecule is CC1(C)c2cc(-c3cc(-c4nc5ccccc5o4)cc(-c4nc5ccccc5o4)c3)ccc2-c2ccc(-c3ccc4c(c3)-c3ccccc3C43c4ccccc4Oc4ccccc43)cc21. The standard InChI is InChI=1S/C60H38N2O3/c1-59(2)49-33-36(35-25-28-46-44(32-35)41-13-3-4-14-45(41)60(46)47-15-5-9-19-53(47)63-54-20-10-6-16-48(54)60)23-26-42(49)43-27-24-37(34-50(43)59)38-29-39(57-61-51-17-7-11-21-55(51)64-57)31-40(30-38)58-62-52-18-8-12-22-56(52)65-58/h3-34H,1-2H3. The number of para-hydroxylation sites is 6. The minimum absolute atomic E-state index is 0.263. The van der Waals surface area contributed by atoms with Crippen molar-refractivity contribution < 1.29 is 13.6 Å². The van der Waals surface area contributed by atoms with Gasteiger partial charge in [-0.25, -0.2) is 9.97 Å². The van der Waals surface area contributed by atoms with Crippen molar-refractivity contribution in [3.8, 4) is 78.9 Å². The maximum Gasteiger partial charge on any atom is 0.227 e. The Labute approximate surface area is 375 Å². The second-order valence-electron chi connectivity index (χ2n) is 18.1. The van der Waals surface area contributed by atoms with E-state index in [-0.39, 0.29) is 5.41 Å². The van der Waals surface area contributed by atoms with Crippen LogP contribution < -0.4 is 4.74 Å². The lowest BCUT2D eigenvalue weighted by molar-refractivity contribution is 0.436. The Morgan fingerprint density at radius 1 is 0.338 bits per heavy atom. The quantitative estimate of drug-likeness (QED) is 0.177. The molecule has 0 unspecified atom stereocenters. The molecular weight excluding hydrogens is 797 g/mol. The Kier molecular flexibility index (Phi) is 7.32. The summed E-state index contributed by atoms with van der Waals surface area (Å²) in [6.07, 6.45) is 0. The van der Waals surface area contributed by atoms with Gasteiger partial charge in [0.1, 0.15) is 22.5 Å². The lowest BCUT2D eigenvalue weighted by Gasteiger charge is -2.39. The zero-order valence-corrected chi connectivity index (χ0v) is 35.6. The fraction of sp³-hybridized carbons (Fsp3) is 0.0667. The third-order valence-corrected chi connectivity index (χ3v) is 14.2. The minimum Gasteiger partial charge on any atom is -0.457 e. The predicted molar refractivity (Wildman–Crippen MR) is 258 cm³/mol. The van der Waals surface area contributed by atoms with Crippen LogP contribution in [0.5, 0.6) is 11.5 Å². The van der Waals surface area contributed by atoms with E-state index in [4.69, 9.17) is 23.5 Å². The molecule has 5 heteroatoms. The van der Waals surface area contributed by atoms with Gasteiger partial charge >= 0.3 is 0 Å². The topological polar surface area (TPSA) is 61.3 Å². The Morgan fingerprint density at radius 2 is 0.785 bits per heavy atom. The minimum atomic E-state index is -0.486. The van der Waals surface area contributed by atoms with Gasteiger partial charge in [0, 0.05) is 27.7 Å². The van der Waals surface area contributed by atoms with Gasteiger partial charge in [-0.05, 0) is 140 Å². The molecule has 0 atom stereocenters. The second-order valence-corrected chi connectivity index (χ2v) is 18.1. The fourth-order valence-corrected chi connectivity index (χ4v) is 11.2. The molecule has 2 aliphatic carbocycles. The molecule has 0 N–H and O–H groups in total. The number of hydrogen-bond acceptors (Lipinski definition) is 5. The first-order valence-corrected chi connectivity index (χ1v) is 22.2. The number of rotatable bonds is 4. The summed E-state index contributed by atoms with van der Waals surface area (Å²) in [5.41, 5.74) is 21.2. The van der Waals surface area contributed by atoms with E-state index in [1.807, 2.05) is 48.5 Å². The van der Waals surface area contributed by atoms with E-state index in [1.54, 1.807) is 0 Å². The van der Waals surface area contributed by atoms with Gasteiger partial charge in [-0.1, -0.05) is 135 Å². The first kappa shape index (κ1) is 36.2. The molecule has 0 amide bonds. The summed E-state index contributed by atoms with van der Waals surface area (Å²) in [5.74, 6) is 2.92. The molecule has 9 aromatic carbocycles. The average molecular weight is 835 g/mol. The number of hydrogen-bond donors (Lipinski definition) is 0. The van der Waals surface area contributed by atoms with Crippen LogP contribution in [0, 0.1) is 0 Å². The summed E-state index contributed by atoms with van der Waals surface area (Å²) < 4.78 is 19.2. The average Bonchev–Trinajstić information content (AvgIpc) is 4.11. The molecule has 0 saturated carbocycles. The second kappa shape index (κ2) is 13.1. The van der Waals surface area contributed by atoms with Crippen LogP contribution in [0.15, 0.2) is 203 Å². The van der Waals surface area contributed by atoms with Gasteiger partial charge in [-0.15, -0.1) is 0 Å². The van der Waals surface area contributed by atoms with Gasteiger partial charge in [-0.3, -0.25) is 0 Å². The van der Waals surface area contributed by atoms with E-state index >= 15 is 0 Å². The Morgan fingerprint density at radius 3 is 1.38 bits per heavy atom. The molecule has 0 radical (unpaired) electrons. The van der Waals surface area contributed by atoms with Crippen LogP contribution in [0.3, 0.4) is 0 Å². The van der Waals surface area contributed by atoms with Crippen LogP contribution in [-0.2, 0) is 10.8 Å². The van der Waals surface area contributed by atoms with Crippen molar-refractivity contribution in [2.75, 3.05) is 0 Å². The van der Waals surface area contributed by atoms with Crippen LogP contribution in [0.2, 0.25) is 0 Å². The smallest absolute Gasteiger partial charge is 0.227 e. The van der Waals surface area contributed by atoms with Crippen LogP contribution in [0.25, 0.3) is 89.6 Å². The molecule has 3 aliphatic rings. The number of aromatic nitrogens is 2. The van der Waals surface area contributed by atoms with E-state index in [1.165, 1.54) is 66.8 Å². The highest BCUT2D eigenvalue weighted by atomic mass is 16.5. The van der Waals surface area contributed by atoms with Crippen molar-refractivity contribution in [2.24, 2.45) is 0 Å². The van der Waals surface area contributed by atoms with Crippen LogP contribution >= 0.6 is 0 Å². The highest BCUT2D eigenvalue weighted by Gasteiger charge is 2.51. The van der Waals surface area contributed by atoms with Crippen LogP contribution in [0.4, 0.5) is 0 Å². The molecule has 306 valence electrons. The molecule has 11 aromatic rings. The fourth-order valence-electron chi connectivity index (χ4n) is 11.2. The number of fused-ring (bicyclic) bond motifs is 14. The first-order chi connectivity index (χ1) is 31.9. The number of nitrogens with zero attached hydrogens (tertiary/aromatic N) is 2. The lowest BCUT2D eigenvalue weighted by Crippen LogP contribution is -2.32. The van der Waals surface area contributed by atoms with E-state index in [0.29, 0.717) is 11.8 Å². The lowest BCUT2D eigenvalue weighted by atomic mass is 9.66. The molecule has 65 heavy (non-hydrogen) atoms. The highest BCUT2D eigenvalue weighted by molar-refractivity contribution is 5.92. The maximum absolute atomic E-state index is 6.56. The molecule has 1 spiro atoms. The van der Waals surface area contributed by atoms with E-state index in [9.17, 15) is 0 Å². The van der Waals surface area contributed by atoms with Crippen molar-refractivity contribution in [3.05, 3.63) is 228 Å². The molecular formula is C60H38N2O3. The van der Waals surface area contributed by atoms with Crippen molar-refractivity contribution in [1.82, 2.24) is 9.97 Å². The Bertz CT molecular complexity index is 3610. The molecule has 3 heterocycles. The zero-order chi connectivity index (χ0) is 43.0. The molecule has 0 saturated heterocycles. The van der Waals surface area contributed by atoms with Gasteiger partial charge in [0.05, 0.1) is 5.41 Å². The summed E-state index contributed by atoms with van der Waals surface area (Å²) in [6, 6.07) is 69.2. The van der Waals surface area contributed by atoms with Gasteiger partial charge in [0.15, 0.2) is 11.2 Å². The normalized spacial score (nSPS) is 14.4. The first-order valence-electron chi connectivity index (χ1n) is 22.2. The van der Waals surface area contributed by atoms with E-state index in [2.05, 4.69) is 159 Å². The van der Waals surface area contributed by atoms with E-state index in [0.717, 1.165) is 56.0 Å². The molecule has 2 aromatic heterocycles. The highest BCUT2D eigenvalue weighted by Crippen LogP contribution is 2.62. The van der Waals surface area contributed by atoms with Gasteiger partial charge in [-0.2, -0.15) is 0 Å². The number of oxazole rings is 2. The number of benzene rings is 9. The third-order valence-electron chi connectivity index (χ3n) is 14.2. The molecule has 1 aliphatic heterocycles. The van der Waals surface area contributed by atoms with Crippen molar-refractivity contribution in [2.45, 2.75) is 24.7 Å². The summed E-state index contributed by atoms with van der Waals surface area (Å²) in [7, 11) is 0. The molecule has 14 rings (SSSR count). The van der Waals surface area contributed by atoms with Crippen LogP contribution in [-0.4, -0.2) is 9.97 Å². The predicted octanol–water partition coefficient (Wildman–Crippen LogP) is 15.4. The molecule has 0 bridgehead atoms. The monoisotopic (exact) mass is 834 g/mol. The Hall–Kier alpha value is -8.28.